The second kappa shape index (κ2) is 5.37. The third kappa shape index (κ3) is 2.47. The molecule has 0 spiro atoms. The third-order valence-electron chi connectivity index (χ3n) is 2.99. The van der Waals surface area contributed by atoms with Gasteiger partial charge in [-0.05, 0) is 6.07 Å². The highest BCUT2D eigenvalue weighted by Gasteiger charge is 2.32. The number of likely N-dealkylation sites (N-methyl/N-ethyl adjacent to an activating group) is 1. The molecule has 0 saturated carbocycles. The van der Waals surface area contributed by atoms with Gasteiger partial charge in [-0.15, -0.1) is 0 Å². The van der Waals surface area contributed by atoms with Gasteiger partial charge in [0, 0.05) is 19.5 Å². The van der Waals surface area contributed by atoms with Crippen molar-refractivity contribution in [3.8, 4) is 5.75 Å². The van der Waals surface area contributed by atoms with E-state index in [-0.39, 0.29) is 12.1 Å². The van der Waals surface area contributed by atoms with E-state index in [1.165, 1.54) is 11.8 Å². The Hall–Kier alpha value is -1.59. The van der Waals surface area contributed by atoms with Crippen LogP contribution >= 0.6 is 0 Å². The molecule has 1 heterocycles. The van der Waals surface area contributed by atoms with Crippen LogP contribution in [0.5, 0.6) is 5.75 Å². The van der Waals surface area contributed by atoms with Crippen LogP contribution in [0.4, 0.5) is 0 Å². The number of hydrogen-bond acceptors (Lipinski definition) is 4. The van der Waals surface area contributed by atoms with Crippen molar-refractivity contribution in [3.05, 3.63) is 29.8 Å². The van der Waals surface area contributed by atoms with Gasteiger partial charge in [-0.2, -0.15) is 0 Å². The fraction of sp³-hybridized carbons (Fsp3) is 0.462. The minimum absolute atomic E-state index is 0.0516. The molecule has 1 saturated heterocycles. The Morgan fingerprint density at radius 1 is 1.44 bits per heavy atom. The molecule has 0 bridgehead atoms. The lowest BCUT2D eigenvalue weighted by atomic mass is 10.2. The fourth-order valence-electron chi connectivity index (χ4n) is 1.82. The van der Waals surface area contributed by atoms with E-state index in [4.69, 9.17) is 14.2 Å². The topological polar surface area (TPSA) is 48.0 Å². The standard InChI is InChI=1S/C13H17NO4/c1-9(15)14(2)12-8-17-13(18-12)10-6-4-5-7-11(10)16-3/h4-7,12-13H,8H2,1-3H3. The van der Waals surface area contributed by atoms with Gasteiger partial charge in [0.05, 0.1) is 13.7 Å². The summed E-state index contributed by atoms with van der Waals surface area (Å²) in [4.78, 5) is 12.8. The van der Waals surface area contributed by atoms with Crippen molar-refractivity contribution in [2.24, 2.45) is 0 Å². The predicted octanol–water partition coefficient (Wildman–Crippen LogP) is 1.54. The van der Waals surface area contributed by atoms with E-state index in [1.54, 1.807) is 14.2 Å². The molecule has 1 aliphatic heterocycles. The second-order valence-corrected chi connectivity index (χ2v) is 4.13. The summed E-state index contributed by atoms with van der Waals surface area (Å²) in [6.45, 7) is 1.86. The van der Waals surface area contributed by atoms with Gasteiger partial charge in [0.2, 0.25) is 5.91 Å². The average molecular weight is 251 g/mol. The Morgan fingerprint density at radius 2 is 2.17 bits per heavy atom. The van der Waals surface area contributed by atoms with E-state index >= 15 is 0 Å². The molecule has 1 aromatic carbocycles. The molecular formula is C13H17NO4. The highest BCUT2D eigenvalue weighted by Crippen LogP contribution is 2.33. The molecule has 0 N–H and O–H groups in total. The van der Waals surface area contributed by atoms with E-state index < -0.39 is 6.29 Å². The molecule has 2 rings (SSSR count). The highest BCUT2D eigenvalue weighted by molar-refractivity contribution is 5.73. The average Bonchev–Trinajstić information content (AvgIpc) is 2.87. The number of methoxy groups -OCH3 is 1. The number of nitrogens with zero attached hydrogens (tertiary/aromatic N) is 1. The molecule has 5 nitrogen and oxygen atoms in total. The Balaban J connectivity index is 2.11. The summed E-state index contributed by atoms with van der Waals surface area (Å²) in [5, 5.41) is 0. The summed E-state index contributed by atoms with van der Waals surface area (Å²) in [7, 11) is 3.30. The number of hydrogen-bond donors (Lipinski definition) is 0. The Labute approximate surface area is 106 Å². The number of benzene rings is 1. The van der Waals surface area contributed by atoms with Crippen LogP contribution in [0.25, 0.3) is 0 Å². The van der Waals surface area contributed by atoms with E-state index in [2.05, 4.69) is 0 Å². The van der Waals surface area contributed by atoms with E-state index in [0.717, 1.165) is 5.56 Å². The normalized spacial score (nSPS) is 22.8. The minimum Gasteiger partial charge on any atom is -0.496 e. The third-order valence-corrected chi connectivity index (χ3v) is 2.99. The molecule has 1 fully saturated rings. The predicted molar refractivity (Wildman–Crippen MR) is 65.0 cm³/mol. The Morgan fingerprint density at radius 3 is 2.83 bits per heavy atom. The van der Waals surface area contributed by atoms with Gasteiger partial charge in [-0.1, -0.05) is 18.2 Å². The first kappa shape index (κ1) is 12.9. The van der Waals surface area contributed by atoms with Crippen molar-refractivity contribution in [1.29, 1.82) is 0 Å². The van der Waals surface area contributed by atoms with Gasteiger partial charge in [0.15, 0.2) is 12.5 Å². The molecule has 1 aliphatic rings. The van der Waals surface area contributed by atoms with Crippen molar-refractivity contribution in [1.82, 2.24) is 4.90 Å². The van der Waals surface area contributed by atoms with Crippen molar-refractivity contribution in [2.45, 2.75) is 19.4 Å². The number of amides is 1. The van der Waals surface area contributed by atoms with Crippen molar-refractivity contribution in [2.75, 3.05) is 20.8 Å². The largest absolute Gasteiger partial charge is 0.496 e. The molecule has 0 aromatic heterocycles. The summed E-state index contributed by atoms with van der Waals surface area (Å²) in [5.41, 5.74) is 0.833. The van der Waals surface area contributed by atoms with Gasteiger partial charge in [-0.25, -0.2) is 0 Å². The number of ether oxygens (including phenoxy) is 3. The number of carbonyl (C=O) groups is 1. The molecule has 98 valence electrons. The molecule has 0 aliphatic carbocycles. The second-order valence-electron chi connectivity index (χ2n) is 4.13. The van der Waals surface area contributed by atoms with E-state index in [0.29, 0.717) is 12.4 Å². The van der Waals surface area contributed by atoms with Gasteiger partial charge < -0.3 is 19.1 Å². The molecule has 5 heteroatoms. The first-order valence-electron chi connectivity index (χ1n) is 5.77. The summed E-state index contributed by atoms with van der Waals surface area (Å²) in [6.07, 6.45) is -0.842. The molecule has 2 unspecified atom stereocenters. The summed E-state index contributed by atoms with van der Waals surface area (Å²) < 4.78 is 16.5. The summed E-state index contributed by atoms with van der Waals surface area (Å²) >= 11 is 0. The molecule has 18 heavy (non-hydrogen) atoms. The molecule has 2 atom stereocenters. The maximum absolute atomic E-state index is 11.3. The quantitative estimate of drug-likeness (QED) is 0.817. The highest BCUT2D eigenvalue weighted by atomic mass is 16.7. The molecule has 1 aromatic rings. The lowest BCUT2D eigenvalue weighted by molar-refractivity contribution is -0.141. The lowest BCUT2D eigenvalue weighted by Crippen LogP contribution is -2.36. The smallest absolute Gasteiger partial charge is 0.221 e. The number of carbonyl (C=O) groups excluding carboxylic acids is 1. The van der Waals surface area contributed by atoms with Crippen LogP contribution in [0.15, 0.2) is 24.3 Å². The first-order chi connectivity index (χ1) is 8.63. The van der Waals surface area contributed by atoms with Crippen molar-refractivity contribution >= 4 is 5.91 Å². The lowest BCUT2D eigenvalue weighted by Gasteiger charge is -2.21. The van der Waals surface area contributed by atoms with Crippen LogP contribution in [0.1, 0.15) is 18.8 Å². The maximum atomic E-state index is 11.3. The van der Waals surface area contributed by atoms with Gasteiger partial charge in [0.25, 0.3) is 0 Å². The Kier molecular flexibility index (Phi) is 3.84. The first-order valence-corrected chi connectivity index (χ1v) is 5.77. The maximum Gasteiger partial charge on any atom is 0.221 e. The van der Waals surface area contributed by atoms with E-state index in [1.807, 2.05) is 24.3 Å². The van der Waals surface area contributed by atoms with Crippen LogP contribution in [-0.2, 0) is 14.3 Å². The van der Waals surface area contributed by atoms with Crippen LogP contribution in [0.2, 0.25) is 0 Å². The zero-order chi connectivity index (χ0) is 13.1. The SMILES string of the molecule is COc1ccccc1C1OCC(N(C)C(C)=O)O1. The Bertz CT molecular complexity index is 435. The molecular weight excluding hydrogens is 234 g/mol. The zero-order valence-corrected chi connectivity index (χ0v) is 10.8. The van der Waals surface area contributed by atoms with Gasteiger partial charge in [0.1, 0.15) is 5.75 Å². The molecule has 0 radical (unpaired) electrons. The van der Waals surface area contributed by atoms with Crippen LogP contribution in [-0.4, -0.2) is 37.8 Å². The zero-order valence-electron chi connectivity index (χ0n) is 10.8. The monoisotopic (exact) mass is 251 g/mol. The summed E-state index contributed by atoms with van der Waals surface area (Å²) in [6, 6.07) is 7.52. The summed E-state index contributed by atoms with van der Waals surface area (Å²) in [5.74, 6) is 0.665. The van der Waals surface area contributed by atoms with Gasteiger partial charge in [-0.3, -0.25) is 4.79 Å². The van der Waals surface area contributed by atoms with Crippen molar-refractivity contribution in [3.63, 3.8) is 0 Å². The van der Waals surface area contributed by atoms with Crippen LogP contribution in [0.3, 0.4) is 0 Å². The molecule has 1 amide bonds. The van der Waals surface area contributed by atoms with E-state index in [9.17, 15) is 4.79 Å². The van der Waals surface area contributed by atoms with Gasteiger partial charge >= 0.3 is 0 Å². The fourth-order valence-corrected chi connectivity index (χ4v) is 1.82. The minimum atomic E-state index is -0.493. The number of para-hydroxylation sites is 1. The van der Waals surface area contributed by atoms with Crippen LogP contribution in [0, 0.1) is 0 Å². The van der Waals surface area contributed by atoms with Crippen molar-refractivity contribution < 1.29 is 19.0 Å². The van der Waals surface area contributed by atoms with Crippen LogP contribution < -0.4 is 4.74 Å². The number of rotatable bonds is 3.